The lowest BCUT2D eigenvalue weighted by molar-refractivity contribution is -0.140. The van der Waals surface area contributed by atoms with E-state index in [9.17, 15) is 14.4 Å². The molecular weight excluding hydrogens is 584 g/mol. The number of H-pyrrole nitrogens is 2. The highest BCUT2D eigenvalue weighted by Crippen LogP contribution is 2.36. The minimum atomic E-state index is -0.745. The molecule has 3 aromatic heterocycles. The predicted molar refractivity (Wildman–Crippen MR) is 180 cm³/mol. The normalized spacial score (nSPS) is 14.0. The molecule has 3 N–H and O–H groups in total. The number of aromatic nitrogens is 4. The Kier molecular flexibility index (Phi) is 10.3. The molecule has 8 bridgehead atoms. The summed E-state index contributed by atoms with van der Waals surface area (Å²) in [6, 6.07) is 6.16. The van der Waals surface area contributed by atoms with Crippen molar-refractivity contribution >= 4 is 57.2 Å². The summed E-state index contributed by atoms with van der Waals surface area (Å²) in [6.45, 7) is 15.9. The number of aromatic amines is 2. The smallest absolute Gasteiger partial charge is 0.340 e. The quantitative estimate of drug-likeness (QED) is 0.254. The lowest BCUT2D eigenvalue weighted by atomic mass is 9.97. The van der Waals surface area contributed by atoms with Crippen LogP contribution in [0.25, 0.3) is 39.3 Å². The van der Waals surface area contributed by atoms with Crippen LogP contribution in [0.4, 0.5) is 0 Å². The number of carbonyl (C=O) groups is 3. The molecule has 10 heteroatoms. The van der Waals surface area contributed by atoms with Gasteiger partial charge in [0.2, 0.25) is 0 Å². The van der Waals surface area contributed by atoms with E-state index in [4.69, 9.17) is 24.5 Å². The van der Waals surface area contributed by atoms with Crippen LogP contribution in [0.5, 0.6) is 0 Å². The first-order chi connectivity index (χ1) is 21.9. The van der Waals surface area contributed by atoms with Crippen molar-refractivity contribution in [2.24, 2.45) is 0 Å². The zero-order valence-electron chi connectivity index (χ0n) is 27.8. The number of ether oxygens (including phenoxy) is 2. The summed E-state index contributed by atoms with van der Waals surface area (Å²) in [5.41, 5.74) is 12.4. The number of rotatable bonds is 6. The Morgan fingerprint density at radius 3 is 2.20 bits per heavy atom. The summed E-state index contributed by atoms with van der Waals surface area (Å²) in [7, 11) is 2.70. The van der Waals surface area contributed by atoms with Gasteiger partial charge in [-0.1, -0.05) is 33.4 Å². The number of nitrogens with zero attached hydrogens (tertiary/aromatic N) is 2. The van der Waals surface area contributed by atoms with Crippen molar-refractivity contribution in [3.05, 3.63) is 75.4 Å². The van der Waals surface area contributed by atoms with Gasteiger partial charge in [0.15, 0.2) is 0 Å². The molecule has 0 saturated heterocycles. The van der Waals surface area contributed by atoms with E-state index in [1.165, 1.54) is 14.2 Å². The van der Waals surface area contributed by atoms with Crippen LogP contribution in [-0.4, -0.2) is 57.2 Å². The maximum absolute atomic E-state index is 13.1. The first-order valence-electron chi connectivity index (χ1n) is 15.3. The number of carboxylic acid groups (broad SMARTS) is 1. The molecule has 1 unspecified atom stereocenters. The third-order valence-corrected chi connectivity index (χ3v) is 8.61. The summed E-state index contributed by atoms with van der Waals surface area (Å²) in [4.78, 5) is 52.3. The van der Waals surface area contributed by atoms with Crippen LogP contribution in [0.2, 0.25) is 0 Å². The monoisotopic (exact) mass is 626 g/mol. The molecular formula is C36H42N4O6. The summed E-state index contributed by atoms with van der Waals surface area (Å²) >= 11 is 0. The molecule has 2 aliphatic rings. The fraction of sp³-hybridized carbons (Fsp3) is 0.361. The minimum absolute atomic E-state index is 0.0670. The van der Waals surface area contributed by atoms with Gasteiger partial charge in [-0.3, -0.25) is 14.6 Å². The van der Waals surface area contributed by atoms with Gasteiger partial charge in [0.25, 0.3) is 0 Å². The molecule has 10 nitrogen and oxygen atoms in total. The standard InChI is InChI=1S/C33H36N4O4.C3H6O2/c1-9-20-17(4)24-13-23-16(3)11-27(34-23)22(12-30(38)40-7)32-31(33(39)41-8)19(6)26(37-32)15-29-21(10-2)18(5)25(36-29)14-28(20)35-24;1-2-3(4)5/h9,13-16,35-36H,1,10-12H2,2-8H3;2H2,1H3,(H,4,5). The molecule has 0 aromatic carbocycles. The number of esters is 2. The number of aryl methyl sites for hydroxylation is 3. The highest BCUT2D eigenvalue weighted by molar-refractivity contribution is 6.25. The molecule has 0 radical (unpaired) electrons. The van der Waals surface area contributed by atoms with E-state index in [0.717, 1.165) is 56.4 Å². The second kappa shape index (κ2) is 14.0. The number of allylic oxidation sites excluding steroid dienone is 1. The first-order valence-corrected chi connectivity index (χ1v) is 15.3. The molecule has 0 amide bonds. The highest BCUT2D eigenvalue weighted by atomic mass is 16.5. The van der Waals surface area contributed by atoms with Crippen LogP contribution in [0.1, 0.15) is 90.6 Å². The van der Waals surface area contributed by atoms with Crippen molar-refractivity contribution in [2.75, 3.05) is 14.2 Å². The van der Waals surface area contributed by atoms with Crippen molar-refractivity contribution in [1.82, 2.24) is 19.9 Å². The first kappa shape index (κ1) is 33.9. The van der Waals surface area contributed by atoms with E-state index in [2.05, 4.69) is 56.4 Å². The Balaban J connectivity index is 0.000000892. The van der Waals surface area contributed by atoms with Crippen LogP contribution in [-0.2, 0) is 43.1 Å². The molecule has 0 aliphatic carbocycles. The molecule has 2 aliphatic heterocycles. The van der Waals surface area contributed by atoms with Crippen molar-refractivity contribution in [1.29, 1.82) is 0 Å². The van der Waals surface area contributed by atoms with Crippen molar-refractivity contribution in [3.8, 4) is 0 Å². The number of hydrogen-bond donors (Lipinski definition) is 3. The fourth-order valence-electron chi connectivity index (χ4n) is 5.89. The molecule has 0 fully saturated rings. The molecule has 5 heterocycles. The van der Waals surface area contributed by atoms with Gasteiger partial charge in [0.05, 0.1) is 37.6 Å². The summed E-state index contributed by atoms with van der Waals surface area (Å²) in [6.07, 6.45) is 3.43. The van der Waals surface area contributed by atoms with Crippen LogP contribution in [0.15, 0.2) is 24.8 Å². The second-order valence-corrected chi connectivity index (χ2v) is 11.4. The maximum atomic E-state index is 13.1. The third kappa shape index (κ3) is 6.51. The maximum Gasteiger partial charge on any atom is 0.340 e. The highest BCUT2D eigenvalue weighted by Gasteiger charge is 2.30. The van der Waals surface area contributed by atoms with E-state index in [1.807, 2.05) is 19.1 Å². The summed E-state index contributed by atoms with van der Waals surface area (Å²) in [5.74, 6) is -1.60. The van der Waals surface area contributed by atoms with Crippen LogP contribution in [0, 0.1) is 13.8 Å². The van der Waals surface area contributed by atoms with E-state index >= 15 is 0 Å². The van der Waals surface area contributed by atoms with Gasteiger partial charge >= 0.3 is 17.9 Å². The van der Waals surface area contributed by atoms with Gasteiger partial charge < -0.3 is 24.5 Å². The third-order valence-electron chi connectivity index (χ3n) is 8.61. The Morgan fingerprint density at radius 1 is 0.957 bits per heavy atom. The van der Waals surface area contributed by atoms with E-state index in [1.54, 1.807) is 6.92 Å². The van der Waals surface area contributed by atoms with Crippen molar-refractivity contribution in [3.63, 3.8) is 0 Å². The van der Waals surface area contributed by atoms with Crippen LogP contribution >= 0.6 is 0 Å². The number of nitrogens with one attached hydrogen (secondary N) is 2. The van der Waals surface area contributed by atoms with E-state index in [0.29, 0.717) is 40.2 Å². The van der Waals surface area contributed by atoms with Gasteiger partial charge in [-0.25, -0.2) is 9.78 Å². The van der Waals surface area contributed by atoms with Gasteiger partial charge in [-0.15, -0.1) is 0 Å². The minimum Gasteiger partial charge on any atom is -0.481 e. The largest absolute Gasteiger partial charge is 0.481 e. The van der Waals surface area contributed by atoms with Gasteiger partial charge in [0, 0.05) is 56.9 Å². The lowest BCUT2D eigenvalue weighted by Gasteiger charge is -2.09. The molecule has 242 valence electrons. The van der Waals surface area contributed by atoms with E-state index in [-0.39, 0.29) is 18.8 Å². The van der Waals surface area contributed by atoms with Crippen LogP contribution < -0.4 is 0 Å². The Hall–Kier alpha value is -4.99. The molecule has 0 saturated carbocycles. The number of fused-ring (bicyclic) bond motifs is 8. The molecule has 3 aromatic rings. The van der Waals surface area contributed by atoms with E-state index < -0.39 is 17.9 Å². The number of methoxy groups -OCH3 is 2. The topological polar surface area (TPSA) is 147 Å². The van der Waals surface area contributed by atoms with Crippen LogP contribution in [0.3, 0.4) is 0 Å². The zero-order chi connectivity index (χ0) is 33.9. The molecule has 46 heavy (non-hydrogen) atoms. The Morgan fingerprint density at radius 2 is 1.61 bits per heavy atom. The number of carbonyl (C=O) groups excluding carboxylic acids is 2. The fourth-order valence-corrected chi connectivity index (χ4v) is 5.89. The summed E-state index contributed by atoms with van der Waals surface area (Å²) < 4.78 is 10.2. The van der Waals surface area contributed by atoms with Gasteiger partial charge in [-0.05, 0) is 74.1 Å². The van der Waals surface area contributed by atoms with Crippen molar-refractivity contribution in [2.45, 2.75) is 73.1 Å². The van der Waals surface area contributed by atoms with Gasteiger partial charge in [0.1, 0.15) is 0 Å². The number of carboxylic acids is 1. The Labute approximate surface area is 268 Å². The number of hydrogen-bond acceptors (Lipinski definition) is 7. The zero-order valence-corrected chi connectivity index (χ0v) is 27.8. The summed E-state index contributed by atoms with van der Waals surface area (Å²) in [5, 5.41) is 7.72. The average Bonchev–Trinajstić information content (AvgIpc) is 3.74. The number of aliphatic carboxylic acids is 1. The Bertz CT molecular complexity index is 1930. The van der Waals surface area contributed by atoms with Gasteiger partial charge in [-0.2, -0.15) is 0 Å². The predicted octanol–water partition coefficient (Wildman–Crippen LogP) is 6.78. The average molecular weight is 627 g/mol. The lowest BCUT2D eigenvalue weighted by Crippen LogP contribution is -2.12. The molecule has 5 rings (SSSR count). The second-order valence-electron chi connectivity index (χ2n) is 11.4. The van der Waals surface area contributed by atoms with Crippen molar-refractivity contribution < 1.29 is 29.0 Å². The molecule has 0 spiro atoms. The SMILES string of the molecule is C=Cc1c(C)c2cc3nc(c(CC(=O)OC)c4nc(cc5[nH]c(cc1[nH]2)c(C)c5CC)C(C)=C4C(=O)OC)CC3C.CCC(=O)O. The molecule has 1 atom stereocenters.